The molecule has 1 saturated heterocycles. The lowest BCUT2D eigenvalue weighted by atomic mass is 9.49. The molecule has 4 aliphatic carbocycles. The molecule has 2 atom stereocenters. The average molecular weight is 348 g/mol. The molecule has 4 bridgehead atoms. The highest BCUT2D eigenvalue weighted by molar-refractivity contribution is 5.91. The summed E-state index contributed by atoms with van der Waals surface area (Å²) in [4.78, 5) is 28.0. The molecule has 5 aliphatic rings. The van der Waals surface area contributed by atoms with Crippen molar-refractivity contribution in [2.75, 3.05) is 19.7 Å². The molecule has 1 aliphatic heterocycles. The molecule has 140 valence electrons. The predicted molar refractivity (Wildman–Crippen MR) is 94.6 cm³/mol. The van der Waals surface area contributed by atoms with Crippen molar-refractivity contribution in [2.24, 2.45) is 29.1 Å². The Morgan fingerprint density at radius 2 is 1.76 bits per heavy atom. The van der Waals surface area contributed by atoms with E-state index in [0.717, 1.165) is 56.4 Å². The van der Waals surface area contributed by atoms with Gasteiger partial charge < -0.3 is 15.3 Å². The van der Waals surface area contributed by atoms with Crippen LogP contribution < -0.4 is 5.32 Å². The smallest absolute Gasteiger partial charge is 0.242 e. The van der Waals surface area contributed by atoms with Crippen LogP contribution in [0.15, 0.2) is 0 Å². The summed E-state index contributed by atoms with van der Waals surface area (Å²) in [5.41, 5.74) is -0.157. The van der Waals surface area contributed by atoms with Crippen LogP contribution in [-0.4, -0.2) is 47.6 Å². The lowest BCUT2D eigenvalue weighted by Crippen LogP contribution is -2.57. The number of rotatable bonds is 5. The molecule has 2 N–H and O–H groups in total. The van der Waals surface area contributed by atoms with Gasteiger partial charge in [0.2, 0.25) is 11.8 Å². The molecule has 25 heavy (non-hydrogen) atoms. The fourth-order valence-electron chi connectivity index (χ4n) is 6.42. The SMILES string of the molecule is CC(CO)CNC(=O)C1CCCN1C(=O)C12CC3CC(CC(C3)C1)C2. The molecule has 5 heteroatoms. The maximum absolute atomic E-state index is 13.5. The van der Waals surface area contributed by atoms with Crippen LogP contribution >= 0.6 is 0 Å². The summed E-state index contributed by atoms with van der Waals surface area (Å²) in [7, 11) is 0. The Kier molecular flexibility index (Phi) is 4.55. The van der Waals surface area contributed by atoms with Gasteiger partial charge in [-0.15, -0.1) is 0 Å². The summed E-state index contributed by atoms with van der Waals surface area (Å²) < 4.78 is 0. The average Bonchev–Trinajstić information content (AvgIpc) is 3.07. The van der Waals surface area contributed by atoms with Gasteiger partial charge in [-0.25, -0.2) is 0 Å². The van der Waals surface area contributed by atoms with Crippen LogP contribution in [0.3, 0.4) is 0 Å². The highest BCUT2D eigenvalue weighted by Gasteiger charge is 2.56. The van der Waals surface area contributed by atoms with Crippen molar-refractivity contribution in [1.82, 2.24) is 10.2 Å². The van der Waals surface area contributed by atoms with E-state index in [1.807, 2.05) is 11.8 Å². The normalized spacial score (nSPS) is 40.3. The molecule has 0 aromatic heterocycles. The van der Waals surface area contributed by atoms with Gasteiger partial charge in [-0.1, -0.05) is 6.92 Å². The summed E-state index contributed by atoms with van der Waals surface area (Å²) in [6, 6.07) is -0.300. The molecule has 0 aromatic rings. The van der Waals surface area contributed by atoms with Crippen LogP contribution in [0.4, 0.5) is 0 Å². The highest BCUT2D eigenvalue weighted by atomic mass is 16.3. The fourth-order valence-corrected chi connectivity index (χ4v) is 6.42. The third kappa shape index (κ3) is 3.09. The Bertz CT molecular complexity index is 512. The summed E-state index contributed by atoms with van der Waals surface area (Å²) >= 11 is 0. The zero-order chi connectivity index (χ0) is 17.6. The molecule has 5 nitrogen and oxygen atoms in total. The third-order valence-electron chi connectivity index (χ3n) is 7.24. The van der Waals surface area contributed by atoms with Gasteiger partial charge in [0.15, 0.2) is 0 Å². The van der Waals surface area contributed by atoms with E-state index in [0.29, 0.717) is 6.54 Å². The van der Waals surface area contributed by atoms with E-state index in [-0.39, 0.29) is 35.8 Å². The van der Waals surface area contributed by atoms with Gasteiger partial charge in [-0.3, -0.25) is 9.59 Å². The number of carbonyl (C=O) groups excluding carboxylic acids is 2. The summed E-state index contributed by atoms with van der Waals surface area (Å²) in [6.07, 6.45) is 8.86. The van der Waals surface area contributed by atoms with E-state index in [9.17, 15) is 9.59 Å². The number of hydrogen-bond acceptors (Lipinski definition) is 3. The van der Waals surface area contributed by atoms with Crippen molar-refractivity contribution in [2.45, 2.75) is 64.3 Å². The molecular formula is C20H32N2O3. The molecule has 1 heterocycles. The Morgan fingerprint density at radius 3 is 2.32 bits per heavy atom. The lowest BCUT2D eigenvalue weighted by Gasteiger charge is -2.56. The predicted octanol–water partition coefficient (Wildman–Crippen LogP) is 1.94. The van der Waals surface area contributed by atoms with Crippen molar-refractivity contribution in [3.05, 3.63) is 0 Å². The molecule has 4 saturated carbocycles. The molecular weight excluding hydrogens is 316 g/mol. The second-order valence-corrected chi connectivity index (χ2v) is 9.39. The van der Waals surface area contributed by atoms with Gasteiger partial charge in [0, 0.05) is 19.7 Å². The van der Waals surface area contributed by atoms with E-state index in [1.165, 1.54) is 19.3 Å². The molecule has 5 rings (SSSR count). The monoisotopic (exact) mass is 348 g/mol. The molecule has 0 aromatic carbocycles. The number of nitrogens with zero attached hydrogens (tertiary/aromatic N) is 1. The van der Waals surface area contributed by atoms with Gasteiger partial charge >= 0.3 is 0 Å². The van der Waals surface area contributed by atoms with Crippen molar-refractivity contribution >= 4 is 11.8 Å². The number of carbonyl (C=O) groups is 2. The molecule has 2 amide bonds. The van der Waals surface area contributed by atoms with Gasteiger partial charge in [0.1, 0.15) is 6.04 Å². The van der Waals surface area contributed by atoms with Gasteiger partial charge in [-0.05, 0) is 75.0 Å². The van der Waals surface area contributed by atoms with Crippen molar-refractivity contribution in [3.8, 4) is 0 Å². The Hall–Kier alpha value is -1.10. The minimum absolute atomic E-state index is 0.0316. The first kappa shape index (κ1) is 17.3. The first-order valence-electron chi connectivity index (χ1n) is 10.2. The van der Waals surface area contributed by atoms with E-state index in [2.05, 4.69) is 5.32 Å². The first-order chi connectivity index (χ1) is 12.0. The minimum Gasteiger partial charge on any atom is -0.396 e. The summed E-state index contributed by atoms with van der Waals surface area (Å²) in [6.45, 7) is 3.19. The quantitative estimate of drug-likeness (QED) is 0.798. The maximum atomic E-state index is 13.5. The lowest BCUT2D eigenvalue weighted by molar-refractivity contribution is -0.160. The van der Waals surface area contributed by atoms with Crippen molar-refractivity contribution in [3.63, 3.8) is 0 Å². The molecule has 2 unspecified atom stereocenters. The minimum atomic E-state index is -0.300. The van der Waals surface area contributed by atoms with E-state index >= 15 is 0 Å². The highest BCUT2D eigenvalue weighted by Crippen LogP contribution is 2.60. The summed E-state index contributed by atoms with van der Waals surface area (Å²) in [5.74, 6) is 2.54. The fraction of sp³-hybridized carbons (Fsp3) is 0.900. The van der Waals surface area contributed by atoms with Gasteiger partial charge in [-0.2, -0.15) is 0 Å². The Labute approximate surface area is 150 Å². The third-order valence-corrected chi connectivity index (χ3v) is 7.24. The molecule has 0 radical (unpaired) electrons. The molecule has 5 fully saturated rings. The van der Waals surface area contributed by atoms with Gasteiger partial charge in [0.25, 0.3) is 0 Å². The van der Waals surface area contributed by atoms with E-state index in [1.54, 1.807) is 0 Å². The second-order valence-electron chi connectivity index (χ2n) is 9.39. The largest absolute Gasteiger partial charge is 0.396 e. The number of amides is 2. The van der Waals surface area contributed by atoms with Crippen LogP contribution in [0.1, 0.15) is 58.3 Å². The Balaban J connectivity index is 1.45. The second kappa shape index (κ2) is 6.57. The first-order valence-corrected chi connectivity index (χ1v) is 10.2. The standard InChI is InChI=1S/C20H32N2O3/c1-13(12-23)11-21-18(24)17-3-2-4-22(17)19(25)20-8-14-5-15(9-20)7-16(6-14)10-20/h13-17,23H,2-12H2,1H3,(H,21,24). The zero-order valence-corrected chi connectivity index (χ0v) is 15.4. The number of hydrogen-bond donors (Lipinski definition) is 2. The number of aliphatic hydroxyl groups excluding tert-OH is 1. The topological polar surface area (TPSA) is 69.6 Å². The molecule has 0 spiro atoms. The van der Waals surface area contributed by atoms with Crippen LogP contribution in [0.2, 0.25) is 0 Å². The zero-order valence-electron chi connectivity index (χ0n) is 15.4. The van der Waals surface area contributed by atoms with Crippen molar-refractivity contribution < 1.29 is 14.7 Å². The maximum Gasteiger partial charge on any atom is 0.242 e. The van der Waals surface area contributed by atoms with Gasteiger partial charge in [0.05, 0.1) is 5.41 Å². The Morgan fingerprint density at radius 1 is 1.16 bits per heavy atom. The number of likely N-dealkylation sites (tertiary alicyclic amines) is 1. The van der Waals surface area contributed by atoms with E-state index < -0.39 is 0 Å². The van der Waals surface area contributed by atoms with Crippen LogP contribution in [-0.2, 0) is 9.59 Å². The van der Waals surface area contributed by atoms with Crippen molar-refractivity contribution in [1.29, 1.82) is 0 Å². The van der Waals surface area contributed by atoms with Crippen LogP contribution in [0, 0.1) is 29.1 Å². The van der Waals surface area contributed by atoms with Crippen LogP contribution in [0.5, 0.6) is 0 Å². The number of aliphatic hydroxyl groups is 1. The summed E-state index contributed by atoms with van der Waals surface area (Å²) in [5, 5.41) is 12.1. The number of nitrogens with one attached hydrogen (secondary N) is 1. The van der Waals surface area contributed by atoms with Crippen LogP contribution in [0.25, 0.3) is 0 Å². The van der Waals surface area contributed by atoms with E-state index in [4.69, 9.17) is 5.11 Å².